The third-order valence-corrected chi connectivity index (χ3v) is 4.90. The Morgan fingerprint density at radius 2 is 1.93 bits per heavy atom. The van der Waals surface area contributed by atoms with E-state index in [0.29, 0.717) is 10.0 Å². The van der Waals surface area contributed by atoms with Gasteiger partial charge in [-0.1, -0.05) is 41.4 Å². The van der Waals surface area contributed by atoms with Gasteiger partial charge in [-0.05, 0) is 48.9 Å². The summed E-state index contributed by atoms with van der Waals surface area (Å²) in [6.45, 7) is 2.98. The normalized spacial score (nSPS) is 11.0. The molecule has 3 rings (SSSR count). The number of rotatable bonds is 7. The van der Waals surface area contributed by atoms with Gasteiger partial charge in [0.15, 0.2) is 0 Å². The molecule has 0 amide bonds. The van der Waals surface area contributed by atoms with Gasteiger partial charge < -0.3 is 14.6 Å². The standard InChI is InChI=1S/C22H21Cl2N3O2/c1-3-27-14-20(18-10-7-16(23)12-19(18)24)26-21(27)11-6-15-4-8-17(9-5-15)25-13-22(28)29-2/h4-12,14,25H,3,13H2,1-2H3/b11-6+. The largest absolute Gasteiger partial charge is 0.468 e. The molecule has 1 N–H and O–H groups in total. The Balaban J connectivity index is 1.76. The lowest BCUT2D eigenvalue weighted by Crippen LogP contribution is -2.14. The first-order valence-electron chi connectivity index (χ1n) is 9.11. The molecule has 0 unspecified atom stereocenters. The third kappa shape index (κ3) is 5.40. The van der Waals surface area contributed by atoms with Gasteiger partial charge in [0.05, 0.1) is 17.8 Å². The SMILES string of the molecule is CCn1cc(-c2ccc(Cl)cc2Cl)nc1/C=C/c1ccc(NCC(=O)OC)cc1. The van der Waals surface area contributed by atoms with E-state index in [1.807, 2.05) is 48.7 Å². The fourth-order valence-electron chi connectivity index (χ4n) is 2.77. The predicted octanol–water partition coefficient (Wildman–Crippen LogP) is 5.63. The molecule has 3 aromatic rings. The maximum atomic E-state index is 11.2. The predicted molar refractivity (Wildman–Crippen MR) is 119 cm³/mol. The van der Waals surface area contributed by atoms with Crippen LogP contribution in [0, 0.1) is 0 Å². The van der Waals surface area contributed by atoms with Crippen LogP contribution in [0.15, 0.2) is 48.7 Å². The van der Waals surface area contributed by atoms with Crippen LogP contribution in [0.2, 0.25) is 10.0 Å². The van der Waals surface area contributed by atoms with Crippen LogP contribution in [0.1, 0.15) is 18.3 Å². The number of aromatic nitrogens is 2. The van der Waals surface area contributed by atoms with Crippen LogP contribution in [-0.4, -0.2) is 29.2 Å². The minimum absolute atomic E-state index is 0.135. The van der Waals surface area contributed by atoms with Gasteiger partial charge in [0, 0.05) is 29.0 Å². The molecule has 0 bridgehead atoms. The molecule has 0 aliphatic heterocycles. The number of benzene rings is 2. The number of ether oxygens (including phenoxy) is 1. The highest BCUT2D eigenvalue weighted by molar-refractivity contribution is 6.36. The van der Waals surface area contributed by atoms with E-state index in [1.54, 1.807) is 12.1 Å². The summed E-state index contributed by atoms with van der Waals surface area (Å²) in [4.78, 5) is 15.9. The third-order valence-electron chi connectivity index (χ3n) is 4.36. The van der Waals surface area contributed by atoms with Crippen LogP contribution >= 0.6 is 23.2 Å². The highest BCUT2D eigenvalue weighted by atomic mass is 35.5. The summed E-state index contributed by atoms with van der Waals surface area (Å²) in [5.41, 5.74) is 3.52. The van der Waals surface area contributed by atoms with Crippen molar-refractivity contribution in [1.82, 2.24) is 9.55 Å². The topological polar surface area (TPSA) is 56.2 Å². The maximum Gasteiger partial charge on any atom is 0.325 e. The minimum atomic E-state index is -0.308. The number of anilines is 1. The molecule has 29 heavy (non-hydrogen) atoms. The van der Waals surface area contributed by atoms with E-state index in [0.717, 1.165) is 34.9 Å². The van der Waals surface area contributed by atoms with Gasteiger partial charge in [-0.15, -0.1) is 0 Å². The van der Waals surface area contributed by atoms with Crippen molar-refractivity contribution < 1.29 is 9.53 Å². The number of carbonyl (C=O) groups is 1. The molecule has 0 saturated carbocycles. The van der Waals surface area contributed by atoms with E-state index in [1.165, 1.54) is 7.11 Å². The molecule has 1 heterocycles. The summed E-state index contributed by atoms with van der Waals surface area (Å²) in [5, 5.41) is 4.18. The van der Waals surface area contributed by atoms with E-state index >= 15 is 0 Å². The van der Waals surface area contributed by atoms with E-state index < -0.39 is 0 Å². The zero-order chi connectivity index (χ0) is 20.8. The average Bonchev–Trinajstić information content (AvgIpc) is 3.14. The van der Waals surface area contributed by atoms with Gasteiger partial charge in [0.25, 0.3) is 0 Å². The van der Waals surface area contributed by atoms with Crippen LogP contribution in [0.25, 0.3) is 23.4 Å². The summed E-state index contributed by atoms with van der Waals surface area (Å²) >= 11 is 12.3. The van der Waals surface area contributed by atoms with E-state index in [9.17, 15) is 4.79 Å². The Morgan fingerprint density at radius 1 is 1.17 bits per heavy atom. The van der Waals surface area contributed by atoms with E-state index in [2.05, 4.69) is 21.5 Å². The van der Waals surface area contributed by atoms with Crippen LogP contribution < -0.4 is 5.32 Å². The molecule has 2 aromatic carbocycles. The van der Waals surface area contributed by atoms with Gasteiger partial charge in [-0.3, -0.25) is 4.79 Å². The Kier molecular flexibility index (Phi) is 6.96. The number of hydrogen-bond acceptors (Lipinski definition) is 4. The fraction of sp³-hybridized carbons (Fsp3) is 0.182. The van der Waals surface area contributed by atoms with Gasteiger partial charge in [0.2, 0.25) is 0 Å². The zero-order valence-electron chi connectivity index (χ0n) is 16.2. The zero-order valence-corrected chi connectivity index (χ0v) is 17.7. The van der Waals surface area contributed by atoms with Crippen molar-refractivity contribution in [1.29, 1.82) is 0 Å². The molecule has 0 aliphatic rings. The second-order valence-electron chi connectivity index (χ2n) is 6.28. The maximum absolute atomic E-state index is 11.2. The summed E-state index contributed by atoms with van der Waals surface area (Å²) in [6, 6.07) is 13.1. The molecule has 0 radical (unpaired) electrons. The quantitative estimate of drug-likeness (QED) is 0.494. The molecule has 5 nitrogen and oxygen atoms in total. The highest BCUT2D eigenvalue weighted by Gasteiger charge is 2.10. The molecular weight excluding hydrogens is 409 g/mol. The van der Waals surface area contributed by atoms with Crippen molar-refractivity contribution in [2.45, 2.75) is 13.5 Å². The van der Waals surface area contributed by atoms with Crippen molar-refractivity contribution in [3.8, 4) is 11.3 Å². The lowest BCUT2D eigenvalue weighted by molar-refractivity contribution is -0.138. The van der Waals surface area contributed by atoms with Gasteiger partial charge >= 0.3 is 5.97 Å². The Morgan fingerprint density at radius 3 is 2.59 bits per heavy atom. The molecule has 1 aromatic heterocycles. The minimum Gasteiger partial charge on any atom is -0.468 e. The number of nitrogens with one attached hydrogen (secondary N) is 1. The summed E-state index contributed by atoms with van der Waals surface area (Å²) in [6.07, 6.45) is 5.94. The number of methoxy groups -OCH3 is 1. The molecule has 0 saturated heterocycles. The van der Waals surface area contributed by atoms with Crippen LogP contribution in [-0.2, 0) is 16.1 Å². The lowest BCUT2D eigenvalue weighted by Gasteiger charge is -2.05. The van der Waals surface area contributed by atoms with Crippen molar-refractivity contribution in [2.24, 2.45) is 0 Å². The lowest BCUT2D eigenvalue weighted by atomic mass is 10.2. The smallest absolute Gasteiger partial charge is 0.325 e. The Hall–Kier alpha value is -2.76. The van der Waals surface area contributed by atoms with Gasteiger partial charge in [-0.25, -0.2) is 4.98 Å². The second-order valence-corrected chi connectivity index (χ2v) is 7.12. The molecule has 0 fully saturated rings. The number of carbonyl (C=O) groups excluding carboxylic acids is 1. The van der Waals surface area contributed by atoms with E-state index in [-0.39, 0.29) is 12.5 Å². The monoisotopic (exact) mass is 429 g/mol. The first-order valence-corrected chi connectivity index (χ1v) is 9.87. The summed E-state index contributed by atoms with van der Waals surface area (Å²) in [7, 11) is 1.37. The number of esters is 1. The molecular formula is C22H21Cl2N3O2. The first kappa shape index (κ1) is 21.0. The van der Waals surface area contributed by atoms with Gasteiger partial charge in [0.1, 0.15) is 12.4 Å². The van der Waals surface area contributed by atoms with Crippen molar-refractivity contribution in [3.63, 3.8) is 0 Å². The molecule has 150 valence electrons. The highest BCUT2D eigenvalue weighted by Crippen LogP contribution is 2.30. The number of halogens is 2. The summed E-state index contributed by atoms with van der Waals surface area (Å²) in [5.74, 6) is 0.526. The second kappa shape index (κ2) is 9.63. The number of nitrogens with zero attached hydrogens (tertiary/aromatic N) is 2. The van der Waals surface area contributed by atoms with Crippen molar-refractivity contribution in [3.05, 3.63) is 70.1 Å². The molecule has 0 atom stereocenters. The van der Waals surface area contributed by atoms with Crippen LogP contribution in [0.5, 0.6) is 0 Å². The average molecular weight is 430 g/mol. The van der Waals surface area contributed by atoms with Crippen molar-refractivity contribution >= 4 is 47.0 Å². The number of hydrogen-bond donors (Lipinski definition) is 1. The summed E-state index contributed by atoms with van der Waals surface area (Å²) < 4.78 is 6.67. The Labute approximate surface area is 179 Å². The first-order chi connectivity index (χ1) is 14.0. The molecule has 0 spiro atoms. The number of aryl methyl sites for hydroxylation is 1. The van der Waals surface area contributed by atoms with Crippen LogP contribution in [0.4, 0.5) is 5.69 Å². The Bertz CT molecular complexity index is 1030. The molecule has 7 heteroatoms. The fourth-order valence-corrected chi connectivity index (χ4v) is 3.28. The van der Waals surface area contributed by atoms with Crippen LogP contribution in [0.3, 0.4) is 0 Å². The van der Waals surface area contributed by atoms with Crippen molar-refractivity contribution in [2.75, 3.05) is 19.0 Å². The van der Waals surface area contributed by atoms with E-state index in [4.69, 9.17) is 28.2 Å². The van der Waals surface area contributed by atoms with Gasteiger partial charge in [-0.2, -0.15) is 0 Å². The number of imidazole rings is 1. The molecule has 0 aliphatic carbocycles.